The minimum atomic E-state index is 0.575. The van der Waals surface area contributed by atoms with Crippen LogP contribution < -0.4 is 28.5 Å². The summed E-state index contributed by atoms with van der Waals surface area (Å²) in [5.74, 6) is 3.19. The molecule has 8 nitrogen and oxygen atoms in total. The van der Waals surface area contributed by atoms with Gasteiger partial charge in [-0.15, -0.1) is 11.3 Å². The minimum Gasteiger partial charge on any atom is -0.497 e. The molecule has 0 aliphatic rings. The van der Waals surface area contributed by atoms with Crippen molar-refractivity contribution in [3.05, 3.63) is 46.1 Å². The summed E-state index contributed by atoms with van der Waals surface area (Å²) in [5, 5.41) is 6.67. The van der Waals surface area contributed by atoms with E-state index in [1.54, 1.807) is 65.6 Å². The van der Waals surface area contributed by atoms with E-state index in [-0.39, 0.29) is 0 Å². The van der Waals surface area contributed by atoms with Gasteiger partial charge in [-0.2, -0.15) is 5.10 Å². The van der Waals surface area contributed by atoms with Crippen molar-refractivity contribution in [1.29, 1.82) is 0 Å². The number of hydrogen-bond donors (Lipinski definition) is 0. The molecule has 0 radical (unpaired) electrons. The van der Waals surface area contributed by atoms with Gasteiger partial charge in [0.05, 0.1) is 53.0 Å². The largest absolute Gasteiger partial charge is 0.497 e. The maximum absolute atomic E-state index is 5.56. The molecule has 0 aliphatic carbocycles. The predicted molar refractivity (Wildman–Crippen MR) is 121 cm³/mol. The second-order valence-electron chi connectivity index (χ2n) is 6.20. The van der Waals surface area contributed by atoms with Crippen LogP contribution >= 0.6 is 11.3 Å². The summed E-state index contributed by atoms with van der Waals surface area (Å²) in [4.78, 5) is 5.06. The summed E-state index contributed by atoms with van der Waals surface area (Å²) in [7, 11) is 9.74. The van der Waals surface area contributed by atoms with E-state index in [2.05, 4.69) is 4.99 Å². The molecule has 9 heteroatoms. The molecule has 164 valence electrons. The van der Waals surface area contributed by atoms with Crippen LogP contribution in [0.1, 0.15) is 5.56 Å². The van der Waals surface area contributed by atoms with Crippen molar-refractivity contribution in [3.8, 4) is 40.0 Å². The summed E-state index contributed by atoms with van der Waals surface area (Å²) < 4.78 is 29.0. The van der Waals surface area contributed by atoms with E-state index in [0.717, 1.165) is 11.3 Å². The van der Waals surface area contributed by atoms with E-state index in [4.69, 9.17) is 28.8 Å². The van der Waals surface area contributed by atoms with E-state index >= 15 is 0 Å². The zero-order valence-electron chi connectivity index (χ0n) is 18.3. The van der Waals surface area contributed by atoms with Gasteiger partial charge in [-0.1, -0.05) is 0 Å². The molecule has 0 N–H and O–H groups in total. The first-order valence-corrected chi connectivity index (χ1v) is 10.2. The third-order valence-corrected chi connectivity index (χ3v) is 5.52. The van der Waals surface area contributed by atoms with Gasteiger partial charge in [0.2, 0.25) is 4.80 Å². The highest BCUT2D eigenvalue weighted by molar-refractivity contribution is 7.07. The highest BCUT2D eigenvalue weighted by Gasteiger charge is 2.15. The number of nitrogens with zero attached hydrogens (tertiary/aromatic N) is 3. The zero-order valence-corrected chi connectivity index (χ0v) is 19.1. The maximum atomic E-state index is 5.56. The van der Waals surface area contributed by atoms with Crippen LogP contribution in [0.2, 0.25) is 0 Å². The van der Waals surface area contributed by atoms with Crippen LogP contribution in [0, 0.1) is 0 Å². The fourth-order valence-corrected chi connectivity index (χ4v) is 3.83. The molecule has 31 heavy (non-hydrogen) atoms. The van der Waals surface area contributed by atoms with E-state index < -0.39 is 0 Å². The van der Waals surface area contributed by atoms with Crippen LogP contribution in [0.15, 0.2) is 45.8 Å². The minimum absolute atomic E-state index is 0.575. The Balaban J connectivity index is 2.17. The fraction of sp³-hybridized carbons (Fsp3) is 0.273. The smallest absolute Gasteiger partial charge is 0.205 e. The van der Waals surface area contributed by atoms with Crippen LogP contribution in [0.3, 0.4) is 0 Å². The third kappa shape index (κ3) is 4.51. The monoisotopic (exact) mass is 443 g/mol. The fourth-order valence-electron chi connectivity index (χ4n) is 3.04. The molecule has 0 saturated heterocycles. The molecule has 2 aromatic carbocycles. The number of rotatable bonds is 8. The van der Waals surface area contributed by atoms with Crippen LogP contribution in [-0.4, -0.2) is 53.5 Å². The summed E-state index contributed by atoms with van der Waals surface area (Å²) in [5.41, 5.74) is 2.32. The van der Waals surface area contributed by atoms with Gasteiger partial charge in [0.1, 0.15) is 28.7 Å². The number of ether oxygens (including phenoxy) is 5. The van der Waals surface area contributed by atoms with Gasteiger partial charge in [-0.05, 0) is 18.2 Å². The highest BCUT2D eigenvalue weighted by Crippen LogP contribution is 2.35. The molecular weight excluding hydrogens is 418 g/mol. The average Bonchev–Trinajstić information content (AvgIpc) is 3.24. The second-order valence-corrected chi connectivity index (χ2v) is 7.03. The first-order valence-electron chi connectivity index (χ1n) is 9.30. The van der Waals surface area contributed by atoms with Crippen molar-refractivity contribution in [2.24, 2.45) is 10.1 Å². The Bertz CT molecular complexity index is 1130. The normalized spacial score (nSPS) is 11.6. The molecular formula is C22H25N3O5S. The van der Waals surface area contributed by atoms with E-state index in [1.165, 1.54) is 11.3 Å². The van der Waals surface area contributed by atoms with Gasteiger partial charge < -0.3 is 23.7 Å². The number of thiazole rings is 1. The average molecular weight is 444 g/mol. The summed E-state index contributed by atoms with van der Waals surface area (Å²) in [6.07, 6.45) is 1.68. The molecule has 0 spiro atoms. The molecule has 0 atom stereocenters. The maximum Gasteiger partial charge on any atom is 0.205 e. The number of hydrogen-bond acceptors (Lipinski definition) is 8. The quantitative estimate of drug-likeness (QED) is 0.497. The topological polar surface area (TPSA) is 75.8 Å². The van der Waals surface area contributed by atoms with Crippen molar-refractivity contribution in [1.82, 2.24) is 4.68 Å². The summed E-state index contributed by atoms with van der Waals surface area (Å²) >= 11 is 1.47. The standard InChI is InChI=1S/C22H25N3O5S/c1-23-22-25(18(13-31-22)16-9-14(26-2)7-8-19(16)28-4)24-12-17-20(29-5)10-15(27-3)11-21(17)30-6/h7-13H,1-6H3/b23-22?,24-12-. The van der Waals surface area contributed by atoms with Crippen molar-refractivity contribution in [3.63, 3.8) is 0 Å². The highest BCUT2D eigenvalue weighted by atomic mass is 32.1. The van der Waals surface area contributed by atoms with E-state index in [1.807, 2.05) is 23.6 Å². The van der Waals surface area contributed by atoms with Crippen LogP contribution in [0.4, 0.5) is 0 Å². The lowest BCUT2D eigenvalue weighted by Gasteiger charge is -2.13. The number of methoxy groups -OCH3 is 5. The van der Waals surface area contributed by atoms with Gasteiger partial charge in [0, 0.05) is 30.1 Å². The lowest BCUT2D eigenvalue weighted by Crippen LogP contribution is -2.12. The predicted octanol–water partition coefficient (Wildman–Crippen LogP) is 3.67. The molecule has 1 heterocycles. The lowest BCUT2D eigenvalue weighted by atomic mass is 10.1. The number of benzene rings is 2. The van der Waals surface area contributed by atoms with Crippen LogP contribution in [0.5, 0.6) is 28.7 Å². The first kappa shape index (κ1) is 22.2. The molecule has 3 rings (SSSR count). The van der Waals surface area contributed by atoms with Gasteiger partial charge >= 0.3 is 0 Å². The van der Waals surface area contributed by atoms with E-state index in [0.29, 0.717) is 39.1 Å². The molecule has 0 amide bonds. The Kier molecular flexibility index (Phi) is 7.19. The Hall–Kier alpha value is -3.46. The first-order chi connectivity index (χ1) is 15.1. The van der Waals surface area contributed by atoms with Crippen LogP contribution in [0.25, 0.3) is 11.3 Å². The summed E-state index contributed by atoms with van der Waals surface area (Å²) in [6, 6.07) is 9.16. The van der Waals surface area contributed by atoms with Gasteiger partial charge in [0.25, 0.3) is 0 Å². The molecule has 0 fully saturated rings. The summed E-state index contributed by atoms with van der Waals surface area (Å²) in [6.45, 7) is 0. The van der Waals surface area contributed by atoms with Crippen LogP contribution in [-0.2, 0) is 0 Å². The second kappa shape index (κ2) is 10.0. The Labute approximate surface area is 184 Å². The zero-order chi connectivity index (χ0) is 22.4. The lowest BCUT2D eigenvalue weighted by molar-refractivity contribution is 0.374. The molecule has 0 unspecified atom stereocenters. The molecule has 1 aromatic heterocycles. The SMILES string of the molecule is CN=c1scc(-c2cc(OC)ccc2OC)n1/N=C\c1c(OC)cc(OC)cc1OC. The van der Waals surface area contributed by atoms with Gasteiger partial charge in [-0.3, -0.25) is 4.99 Å². The van der Waals surface area contributed by atoms with E-state index in [9.17, 15) is 0 Å². The molecule has 0 aliphatic heterocycles. The Morgan fingerprint density at radius 1 is 0.806 bits per heavy atom. The van der Waals surface area contributed by atoms with Crippen molar-refractivity contribution in [2.75, 3.05) is 42.6 Å². The van der Waals surface area contributed by atoms with Crippen molar-refractivity contribution >= 4 is 17.6 Å². The third-order valence-electron chi connectivity index (χ3n) is 4.61. The Morgan fingerprint density at radius 2 is 1.45 bits per heavy atom. The Morgan fingerprint density at radius 3 is 2.00 bits per heavy atom. The molecule has 0 saturated carbocycles. The van der Waals surface area contributed by atoms with Crippen molar-refractivity contribution in [2.45, 2.75) is 0 Å². The number of aromatic nitrogens is 1. The van der Waals surface area contributed by atoms with Gasteiger partial charge in [0.15, 0.2) is 0 Å². The molecule has 0 bridgehead atoms. The molecule has 3 aromatic rings. The van der Waals surface area contributed by atoms with Gasteiger partial charge in [-0.25, -0.2) is 4.68 Å². The van der Waals surface area contributed by atoms with Crippen molar-refractivity contribution < 1.29 is 23.7 Å².